The van der Waals surface area contributed by atoms with E-state index in [0.29, 0.717) is 0 Å². The third-order valence-corrected chi connectivity index (χ3v) is 6.60. The molecule has 2 nitrogen and oxygen atoms in total. The normalized spacial score (nSPS) is 18.0. The number of anilines is 1. The molecule has 33 heavy (non-hydrogen) atoms. The van der Waals surface area contributed by atoms with Crippen LogP contribution in [0.4, 0.5) is 5.69 Å². The Balaban J connectivity index is 0.00000259. The molecule has 0 saturated heterocycles. The van der Waals surface area contributed by atoms with Crippen LogP contribution in [0.3, 0.4) is 0 Å². The minimum absolute atomic E-state index is 0. The minimum Gasteiger partial charge on any atom is -0.361 e. The molecule has 1 aliphatic heterocycles. The molecule has 2 aliphatic rings. The Morgan fingerprint density at radius 1 is 0.909 bits per heavy atom. The molecule has 2 heteroatoms. The van der Waals surface area contributed by atoms with Crippen LogP contribution in [-0.2, 0) is 7.05 Å². The molecule has 0 fully saturated rings. The quantitative estimate of drug-likeness (QED) is 0.417. The molecule has 0 amide bonds. The smallest absolute Gasteiger partial charge is 0.212 e. The van der Waals surface area contributed by atoms with Gasteiger partial charge in [0.15, 0.2) is 6.20 Å². The van der Waals surface area contributed by atoms with E-state index in [4.69, 9.17) is 0 Å². The molecule has 166 valence electrons. The monoisotopic (exact) mass is 433 g/mol. The highest BCUT2D eigenvalue weighted by atomic mass is 14.9. The third-order valence-electron chi connectivity index (χ3n) is 6.60. The molecule has 0 saturated carbocycles. The van der Waals surface area contributed by atoms with Gasteiger partial charge in [0.2, 0.25) is 5.52 Å². The number of rotatable bonds is 3. The average Bonchev–Trinajstić information content (AvgIpc) is 2.84. The fourth-order valence-electron chi connectivity index (χ4n) is 4.70. The summed E-state index contributed by atoms with van der Waals surface area (Å²) < 4.78 is 2.18. The molecule has 2 aromatic carbocycles. The van der Waals surface area contributed by atoms with Gasteiger partial charge in [-0.15, -0.1) is 0 Å². The zero-order valence-corrected chi connectivity index (χ0v) is 18.8. The first-order valence-electron chi connectivity index (χ1n) is 11.4. The Hall–Kier alpha value is -3.65. The lowest BCUT2D eigenvalue weighted by Crippen LogP contribution is -2.28. The van der Waals surface area contributed by atoms with Crippen LogP contribution < -0.4 is 9.88 Å². The maximum Gasteiger partial charge on any atom is 0.212 e. The number of nitrogens with zero attached hydrogens (tertiary/aromatic N) is 1. The fraction of sp³-hybridized carbons (Fsp3) is 0.194. The van der Waals surface area contributed by atoms with Crippen molar-refractivity contribution in [2.75, 3.05) is 5.32 Å². The van der Waals surface area contributed by atoms with E-state index in [2.05, 4.69) is 115 Å². The first-order valence-corrected chi connectivity index (χ1v) is 11.4. The number of aromatic nitrogens is 1. The molecular formula is C31H33N2+. The molecule has 5 rings (SSSR count). The zero-order valence-electron chi connectivity index (χ0n) is 18.8. The highest BCUT2D eigenvalue weighted by molar-refractivity contribution is 5.87. The number of allylic oxidation sites excluding steroid dienone is 8. The lowest BCUT2D eigenvalue weighted by Gasteiger charge is -2.19. The fourth-order valence-corrected chi connectivity index (χ4v) is 4.70. The minimum atomic E-state index is 0. The average molecular weight is 434 g/mol. The number of nitrogens with one attached hydrogen (secondary N) is 1. The highest BCUT2D eigenvalue weighted by Gasteiger charge is 2.13. The number of hydrogen-bond acceptors (Lipinski definition) is 1. The van der Waals surface area contributed by atoms with Gasteiger partial charge in [-0.05, 0) is 72.3 Å². The number of fused-ring (bicyclic) bond motifs is 2. The van der Waals surface area contributed by atoms with Gasteiger partial charge in [0, 0.05) is 29.6 Å². The van der Waals surface area contributed by atoms with Crippen molar-refractivity contribution < 1.29 is 4.57 Å². The van der Waals surface area contributed by atoms with E-state index < -0.39 is 0 Å². The van der Waals surface area contributed by atoms with Gasteiger partial charge in [-0.1, -0.05) is 62.1 Å². The van der Waals surface area contributed by atoms with E-state index in [1.165, 1.54) is 56.4 Å². The topological polar surface area (TPSA) is 15.9 Å². The Kier molecular flexibility index (Phi) is 6.74. The maximum atomic E-state index is 3.33. The lowest BCUT2D eigenvalue weighted by atomic mass is 9.87. The van der Waals surface area contributed by atoms with E-state index in [1.54, 1.807) is 0 Å². The first kappa shape index (κ1) is 22.5. The molecule has 0 unspecified atom stereocenters. The van der Waals surface area contributed by atoms with Crippen molar-refractivity contribution in [3.63, 3.8) is 0 Å². The predicted molar refractivity (Wildman–Crippen MR) is 143 cm³/mol. The number of hydrogen-bond donors (Lipinski definition) is 1. The maximum absolute atomic E-state index is 3.33. The number of benzene rings is 2. The Morgan fingerprint density at radius 2 is 1.73 bits per heavy atom. The van der Waals surface area contributed by atoms with Crippen molar-refractivity contribution in [3.05, 3.63) is 119 Å². The number of aryl methyl sites for hydroxylation is 1. The summed E-state index contributed by atoms with van der Waals surface area (Å²) in [6.07, 6.45) is 19.0. The van der Waals surface area contributed by atoms with Gasteiger partial charge in [-0.2, -0.15) is 0 Å². The van der Waals surface area contributed by atoms with Crippen LogP contribution in [0.2, 0.25) is 0 Å². The second-order valence-electron chi connectivity index (χ2n) is 8.57. The molecule has 0 spiro atoms. The van der Waals surface area contributed by atoms with Gasteiger partial charge in [-0.3, -0.25) is 0 Å². The molecule has 1 aliphatic carbocycles. The van der Waals surface area contributed by atoms with Gasteiger partial charge >= 0.3 is 0 Å². The Bertz CT molecular complexity index is 1330. The largest absolute Gasteiger partial charge is 0.361 e. The molecule has 0 radical (unpaired) electrons. The van der Waals surface area contributed by atoms with E-state index in [-0.39, 0.29) is 7.43 Å². The SMILES string of the molecule is C.CC1=C(C=Cc2cc[n+](C)c3ccccc23)CCCC1=CC=C1C=CNc2ccccc21. The summed E-state index contributed by atoms with van der Waals surface area (Å²) in [6, 6.07) is 19.3. The summed E-state index contributed by atoms with van der Waals surface area (Å²) >= 11 is 0. The second kappa shape index (κ2) is 9.87. The zero-order chi connectivity index (χ0) is 21.9. The van der Waals surface area contributed by atoms with E-state index in [9.17, 15) is 0 Å². The first-order chi connectivity index (χ1) is 15.7. The predicted octanol–water partition coefficient (Wildman–Crippen LogP) is 7.76. The van der Waals surface area contributed by atoms with Crippen LogP contribution in [0.25, 0.3) is 22.6 Å². The summed E-state index contributed by atoms with van der Waals surface area (Å²) in [6.45, 7) is 2.28. The van der Waals surface area contributed by atoms with Crippen molar-refractivity contribution >= 4 is 28.2 Å². The van der Waals surface area contributed by atoms with E-state index in [1.807, 2.05) is 6.20 Å². The molecule has 1 aromatic heterocycles. The summed E-state index contributed by atoms with van der Waals surface area (Å²) in [4.78, 5) is 0. The summed E-state index contributed by atoms with van der Waals surface area (Å²) in [5.41, 5.74) is 10.5. The standard InChI is InChI=1S/C30H28N2.CH4/c1-22-23(14-16-25-18-20-31-29-12-5-3-10-27(25)29)8-7-9-24(22)15-17-26-19-21-32(2)30-13-6-4-11-28(26)30;/h3-6,10-21H,7-9H2,1-2H3;1H4/p+1. The van der Waals surface area contributed by atoms with Gasteiger partial charge in [0.25, 0.3) is 0 Å². The van der Waals surface area contributed by atoms with Crippen molar-refractivity contribution in [2.45, 2.75) is 33.6 Å². The summed E-state index contributed by atoms with van der Waals surface area (Å²) in [5, 5.41) is 4.62. The van der Waals surface area contributed by atoms with Crippen LogP contribution in [0, 0.1) is 0 Å². The molecule has 3 aromatic rings. The van der Waals surface area contributed by atoms with Crippen molar-refractivity contribution in [1.29, 1.82) is 0 Å². The molecule has 0 bridgehead atoms. The van der Waals surface area contributed by atoms with Gasteiger partial charge in [-0.25, -0.2) is 4.57 Å². The van der Waals surface area contributed by atoms with Crippen molar-refractivity contribution in [3.8, 4) is 0 Å². The number of para-hydroxylation sites is 2. The number of pyridine rings is 1. The van der Waals surface area contributed by atoms with E-state index in [0.717, 1.165) is 12.8 Å². The summed E-state index contributed by atoms with van der Waals surface area (Å²) in [5.74, 6) is 0. The van der Waals surface area contributed by atoms with Crippen LogP contribution in [0.5, 0.6) is 0 Å². The van der Waals surface area contributed by atoms with Crippen LogP contribution in [0.15, 0.2) is 108 Å². The van der Waals surface area contributed by atoms with Crippen molar-refractivity contribution in [2.24, 2.45) is 7.05 Å². The van der Waals surface area contributed by atoms with Gasteiger partial charge in [0.05, 0.1) is 5.39 Å². The molecule has 2 heterocycles. The molecule has 0 atom stereocenters. The Morgan fingerprint density at radius 3 is 2.64 bits per heavy atom. The third kappa shape index (κ3) is 4.61. The van der Waals surface area contributed by atoms with Gasteiger partial charge < -0.3 is 5.32 Å². The molecule has 1 N–H and O–H groups in total. The van der Waals surface area contributed by atoms with Crippen LogP contribution in [-0.4, -0.2) is 0 Å². The van der Waals surface area contributed by atoms with E-state index >= 15 is 0 Å². The van der Waals surface area contributed by atoms with Crippen LogP contribution in [0.1, 0.15) is 44.7 Å². The Labute approximate surface area is 198 Å². The van der Waals surface area contributed by atoms with Crippen molar-refractivity contribution in [1.82, 2.24) is 0 Å². The highest BCUT2D eigenvalue weighted by Crippen LogP contribution is 2.33. The second-order valence-corrected chi connectivity index (χ2v) is 8.57. The summed E-state index contributed by atoms with van der Waals surface area (Å²) in [7, 11) is 2.10. The van der Waals surface area contributed by atoms with Gasteiger partial charge in [0.1, 0.15) is 7.05 Å². The lowest BCUT2D eigenvalue weighted by molar-refractivity contribution is -0.644. The molecular weight excluding hydrogens is 400 g/mol. The van der Waals surface area contributed by atoms with Crippen LogP contribution >= 0.6 is 0 Å².